The van der Waals surface area contributed by atoms with Crippen molar-refractivity contribution >= 4 is 17.8 Å². The first kappa shape index (κ1) is 17.7. The van der Waals surface area contributed by atoms with E-state index in [4.69, 9.17) is 9.15 Å². The largest absolute Gasteiger partial charge is 0.497 e. The van der Waals surface area contributed by atoms with Crippen molar-refractivity contribution in [2.45, 2.75) is 25.0 Å². The van der Waals surface area contributed by atoms with Crippen LogP contribution in [0.5, 0.6) is 5.75 Å². The molecule has 3 N–H and O–H groups in total. The van der Waals surface area contributed by atoms with Crippen LogP contribution in [0.25, 0.3) is 0 Å². The van der Waals surface area contributed by atoms with Crippen molar-refractivity contribution < 1.29 is 23.5 Å². The van der Waals surface area contributed by atoms with Gasteiger partial charge in [-0.3, -0.25) is 14.9 Å². The molecule has 2 aromatic rings. The Morgan fingerprint density at radius 2 is 2.07 bits per heavy atom. The van der Waals surface area contributed by atoms with E-state index in [0.29, 0.717) is 36.6 Å². The highest BCUT2D eigenvalue weighted by molar-refractivity contribution is 6.08. The number of imide groups is 1. The first-order chi connectivity index (χ1) is 14.0. The molecular formula is C20H20N4O5. The maximum absolute atomic E-state index is 13.0. The summed E-state index contributed by atoms with van der Waals surface area (Å²) in [6.45, 7) is 1.73. The van der Waals surface area contributed by atoms with E-state index in [-0.39, 0.29) is 12.5 Å². The Morgan fingerprint density at radius 1 is 1.21 bits per heavy atom. The molecule has 4 amide bonds. The van der Waals surface area contributed by atoms with Crippen molar-refractivity contribution in [3.8, 4) is 5.75 Å². The minimum absolute atomic E-state index is 0.0276. The van der Waals surface area contributed by atoms with Gasteiger partial charge in [0.15, 0.2) is 5.54 Å². The van der Waals surface area contributed by atoms with E-state index < -0.39 is 17.5 Å². The van der Waals surface area contributed by atoms with Crippen LogP contribution in [-0.2, 0) is 29.8 Å². The number of carbonyl (C=O) groups is 3. The van der Waals surface area contributed by atoms with Gasteiger partial charge >= 0.3 is 6.03 Å². The third-order valence-electron chi connectivity index (χ3n) is 5.73. The second-order valence-electron chi connectivity index (χ2n) is 7.48. The summed E-state index contributed by atoms with van der Waals surface area (Å²) in [6.07, 6.45) is 0.703. The van der Waals surface area contributed by atoms with E-state index in [1.807, 2.05) is 6.07 Å². The number of carbonyl (C=O) groups excluding carboxylic acids is 3. The standard InChI is InChI=1S/C20H20N4O5/c1-28-13-3-2-11-9-24(17(25)14(11)7-13)10-20(18(26)22-19(27)23-20)16-6-12-8-21-5-4-15(12)29-16/h2-3,6-7,21H,4-5,8-10H2,1H3,(H2,22,23,26,27). The van der Waals surface area contributed by atoms with Crippen LogP contribution in [0.2, 0.25) is 0 Å². The quantitative estimate of drug-likeness (QED) is 0.654. The molecule has 9 heteroatoms. The Hall–Kier alpha value is -3.33. The molecule has 150 valence electrons. The minimum atomic E-state index is -1.46. The van der Waals surface area contributed by atoms with Gasteiger partial charge in [-0.2, -0.15) is 0 Å². The molecule has 0 bridgehead atoms. The molecule has 0 spiro atoms. The lowest BCUT2D eigenvalue weighted by Gasteiger charge is -2.29. The van der Waals surface area contributed by atoms with Crippen LogP contribution in [0.1, 0.15) is 33.0 Å². The van der Waals surface area contributed by atoms with Crippen LogP contribution in [-0.4, -0.2) is 42.9 Å². The van der Waals surface area contributed by atoms with Crippen LogP contribution < -0.4 is 20.7 Å². The zero-order valence-electron chi connectivity index (χ0n) is 15.8. The van der Waals surface area contributed by atoms with E-state index in [9.17, 15) is 14.4 Å². The average Bonchev–Trinajstić information content (AvgIpc) is 3.36. The smallest absolute Gasteiger partial charge is 0.322 e. The SMILES string of the molecule is COc1ccc2c(c1)C(=O)N(CC1(c3cc4c(o3)CCNC4)NC(=O)NC1=O)C2. The molecule has 4 heterocycles. The molecule has 5 rings (SSSR count). The number of furan rings is 1. The van der Waals surface area contributed by atoms with Crippen molar-refractivity contribution in [3.63, 3.8) is 0 Å². The molecule has 0 saturated carbocycles. The van der Waals surface area contributed by atoms with Gasteiger partial charge in [-0.05, 0) is 23.8 Å². The summed E-state index contributed by atoms with van der Waals surface area (Å²) in [5.74, 6) is 0.989. The lowest BCUT2D eigenvalue weighted by Crippen LogP contribution is -2.52. The predicted octanol–water partition coefficient (Wildman–Crippen LogP) is 0.625. The van der Waals surface area contributed by atoms with E-state index in [0.717, 1.165) is 23.4 Å². The van der Waals surface area contributed by atoms with Crippen molar-refractivity contribution in [1.82, 2.24) is 20.9 Å². The van der Waals surface area contributed by atoms with Gasteiger partial charge < -0.3 is 24.7 Å². The molecule has 9 nitrogen and oxygen atoms in total. The third-order valence-corrected chi connectivity index (χ3v) is 5.73. The highest BCUT2D eigenvalue weighted by atomic mass is 16.5. The van der Waals surface area contributed by atoms with E-state index >= 15 is 0 Å². The number of amides is 4. The van der Waals surface area contributed by atoms with E-state index in [1.54, 1.807) is 30.2 Å². The predicted molar refractivity (Wildman–Crippen MR) is 100 cm³/mol. The number of fused-ring (bicyclic) bond motifs is 2. The summed E-state index contributed by atoms with van der Waals surface area (Å²) in [6, 6.07) is 6.51. The summed E-state index contributed by atoms with van der Waals surface area (Å²) < 4.78 is 11.2. The van der Waals surface area contributed by atoms with Gasteiger partial charge in [0.05, 0.1) is 13.7 Å². The molecule has 1 atom stereocenters. The summed E-state index contributed by atoms with van der Waals surface area (Å²) in [5, 5.41) is 8.26. The second kappa shape index (κ2) is 6.35. The molecule has 29 heavy (non-hydrogen) atoms. The molecule has 1 unspecified atom stereocenters. The van der Waals surface area contributed by atoms with E-state index in [2.05, 4.69) is 16.0 Å². The molecule has 3 aliphatic heterocycles. The van der Waals surface area contributed by atoms with Gasteiger partial charge in [0, 0.05) is 37.2 Å². The van der Waals surface area contributed by atoms with Gasteiger partial charge in [-0.1, -0.05) is 6.07 Å². The number of nitrogens with one attached hydrogen (secondary N) is 3. The molecule has 1 saturated heterocycles. The number of nitrogens with zero attached hydrogens (tertiary/aromatic N) is 1. The number of hydrogen-bond donors (Lipinski definition) is 3. The van der Waals surface area contributed by atoms with Crippen LogP contribution in [0.3, 0.4) is 0 Å². The fourth-order valence-electron chi connectivity index (χ4n) is 4.20. The monoisotopic (exact) mass is 396 g/mol. The first-order valence-electron chi connectivity index (χ1n) is 9.43. The number of methoxy groups -OCH3 is 1. The van der Waals surface area contributed by atoms with Crippen LogP contribution >= 0.6 is 0 Å². The lowest BCUT2D eigenvalue weighted by atomic mass is 9.94. The Morgan fingerprint density at radius 3 is 2.79 bits per heavy atom. The maximum atomic E-state index is 13.0. The highest BCUT2D eigenvalue weighted by Crippen LogP contribution is 2.34. The first-order valence-corrected chi connectivity index (χ1v) is 9.43. The van der Waals surface area contributed by atoms with Gasteiger partial charge in [0.2, 0.25) is 0 Å². The van der Waals surface area contributed by atoms with Crippen LogP contribution in [0.15, 0.2) is 28.7 Å². The molecular weight excluding hydrogens is 376 g/mol. The fraction of sp³-hybridized carbons (Fsp3) is 0.350. The Labute approximate surface area is 166 Å². The van der Waals surface area contributed by atoms with Gasteiger partial charge in [-0.25, -0.2) is 4.79 Å². The van der Waals surface area contributed by atoms with Gasteiger partial charge in [0.25, 0.3) is 11.8 Å². The summed E-state index contributed by atoms with van der Waals surface area (Å²) in [7, 11) is 1.54. The Bertz CT molecular complexity index is 1020. The van der Waals surface area contributed by atoms with Crippen molar-refractivity contribution in [2.24, 2.45) is 0 Å². The zero-order valence-corrected chi connectivity index (χ0v) is 15.8. The van der Waals surface area contributed by atoms with Crippen LogP contribution in [0, 0.1) is 0 Å². The Kier molecular flexibility index (Phi) is 3.88. The number of rotatable bonds is 4. The summed E-state index contributed by atoms with van der Waals surface area (Å²) in [5.41, 5.74) is 0.877. The summed E-state index contributed by atoms with van der Waals surface area (Å²) >= 11 is 0. The van der Waals surface area contributed by atoms with Crippen molar-refractivity contribution in [1.29, 1.82) is 0 Å². The van der Waals surface area contributed by atoms with Gasteiger partial charge in [-0.15, -0.1) is 0 Å². The van der Waals surface area contributed by atoms with Crippen molar-refractivity contribution in [3.05, 3.63) is 52.5 Å². The highest BCUT2D eigenvalue weighted by Gasteiger charge is 2.53. The summed E-state index contributed by atoms with van der Waals surface area (Å²) in [4.78, 5) is 39.4. The number of benzene rings is 1. The third kappa shape index (κ3) is 2.69. The molecule has 1 aromatic heterocycles. The fourth-order valence-corrected chi connectivity index (χ4v) is 4.20. The topological polar surface area (TPSA) is 113 Å². The maximum Gasteiger partial charge on any atom is 0.322 e. The van der Waals surface area contributed by atoms with Crippen molar-refractivity contribution in [2.75, 3.05) is 20.2 Å². The van der Waals surface area contributed by atoms with Gasteiger partial charge in [0.1, 0.15) is 17.3 Å². The molecule has 0 radical (unpaired) electrons. The number of ether oxygens (including phenoxy) is 1. The van der Waals surface area contributed by atoms with E-state index in [1.165, 1.54) is 0 Å². The molecule has 1 aromatic carbocycles. The number of urea groups is 1. The second-order valence-corrected chi connectivity index (χ2v) is 7.48. The van der Waals surface area contributed by atoms with Crippen LogP contribution in [0.4, 0.5) is 4.79 Å². The zero-order chi connectivity index (χ0) is 20.2. The average molecular weight is 396 g/mol. The lowest BCUT2D eigenvalue weighted by molar-refractivity contribution is -0.125. The molecule has 0 aliphatic carbocycles. The minimum Gasteiger partial charge on any atom is -0.497 e. The number of hydrogen-bond acceptors (Lipinski definition) is 6. The molecule has 1 fully saturated rings. The molecule has 3 aliphatic rings. The normalized spacial score (nSPS) is 22.9. The Balaban J connectivity index is 1.51.